The first-order valence-electron chi connectivity index (χ1n) is 13.0. The van der Waals surface area contributed by atoms with Gasteiger partial charge in [0.15, 0.2) is 0 Å². The first-order chi connectivity index (χ1) is 18.0. The van der Waals surface area contributed by atoms with Gasteiger partial charge in [-0.25, -0.2) is 0 Å². The summed E-state index contributed by atoms with van der Waals surface area (Å²) < 4.78 is 5.79. The summed E-state index contributed by atoms with van der Waals surface area (Å²) in [4.78, 5) is 30.2. The van der Waals surface area contributed by atoms with Gasteiger partial charge >= 0.3 is 0 Å². The Labute approximate surface area is 229 Å². The van der Waals surface area contributed by atoms with Crippen LogP contribution in [0.2, 0.25) is 5.02 Å². The van der Waals surface area contributed by atoms with Crippen molar-refractivity contribution in [3.05, 3.63) is 88.9 Å². The number of rotatable bonds is 8. The summed E-state index contributed by atoms with van der Waals surface area (Å²) in [6.45, 7) is 7.64. The smallest absolute Gasteiger partial charge is 0.258 e. The predicted octanol–water partition coefficient (Wildman–Crippen LogP) is 6.80. The van der Waals surface area contributed by atoms with E-state index in [-0.39, 0.29) is 23.9 Å². The lowest BCUT2D eigenvalue weighted by Crippen LogP contribution is -2.47. The Balaban J connectivity index is 1.56. The molecule has 1 N–H and O–H groups in total. The van der Waals surface area contributed by atoms with E-state index in [1.807, 2.05) is 48.2 Å². The van der Waals surface area contributed by atoms with Gasteiger partial charge in [0.05, 0.1) is 18.2 Å². The standard InChI is InChI=1S/C31H35ClN2O4/c1-21-20-29(34(22(2)35)25-14-12-24(32)13-15-25)27-8-5-6-9-28(27)33(21)30(36)23-10-16-26(17-11-23)38-19-7-18-31(3,4)37/h5-6,8-17,21,29,37H,7,18-20H2,1-4H3/t21-,29+/m0/s1. The van der Waals surface area contributed by atoms with Crippen LogP contribution in [-0.4, -0.2) is 35.2 Å². The Hall–Kier alpha value is -3.35. The Kier molecular flexibility index (Phi) is 8.44. The van der Waals surface area contributed by atoms with E-state index < -0.39 is 5.60 Å². The molecule has 0 bridgehead atoms. The third-order valence-corrected chi connectivity index (χ3v) is 7.09. The third-order valence-electron chi connectivity index (χ3n) is 6.84. The fraction of sp³-hybridized carbons (Fsp3) is 0.355. The number of nitrogens with zero attached hydrogens (tertiary/aromatic N) is 2. The molecule has 0 aromatic heterocycles. The van der Waals surface area contributed by atoms with Crippen molar-refractivity contribution < 1.29 is 19.4 Å². The number of carbonyl (C=O) groups excluding carboxylic acids is 2. The highest BCUT2D eigenvalue weighted by Crippen LogP contribution is 2.43. The van der Waals surface area contributed by atoms with Crippen molar-refractivity contribution in [1.82, 2.24) is 0 Å². The molecule has 2 atom stereocenters. The predicted molar refractivity (Wildman–Crippen MR) is 152 cm³/mol. The van der Waals surface area contributed by atoms with Crippen molar-refractivity contribution in [2.45, 2.75) is 64.6 Å². The van der Waals surface area contributed by atoms with E-state index in [1.165, 1.54) is 0 Å². The minimum atomic E-state index is -0.712. The van der Waals surface area contributed by atoms with E-state index in [2.05, 4.69) is 0 Å². The summed E-state index contributed by atoms with van der Waals surface area (Å²) in [6.07, 6.45) is 1.98. The number of carbonyl (C=O) groups is 2. The van der Waals surface area contributed by atoms with E-state index in [9.17, 15) is 14.7 Å². The molecule has 3 aromatic carbocycles. The highest BCUT2D eigenvalue weighted by molar-refractivity contribution is 6.30. The first-order valence-corrected chi connectivity index (χ1v) is 13.4. The number of amides is 2. The monoisotopic (exact) mass is 534 g/mol. The van der Waals surface area contributed by atoms with E-state index >= 15 is 0 Å². The average molecular weight is 535 g/mol. The van der Waals surface area contributed by atoms with Crippen molar-refractivity contribution in [1.29, 1.82) is 0 Å². The zero-order valence-electron chi connectivity index (χ0n) is 22.4. The molecule has 2 amide bonds. The van der Waals surface area contributed by atoms with Crippen LogP contribution in [0.25, 0.3) is 0 Å². The third kappa shape index (κ3) is 6.37. The van der Waals surface area contributed by atoms with Gasteiger partial charge in [0.25, 0.3) is 5.91 Å². The van der Waals surface area contributed by atoms with Crippen LogP contribution in [0, 0.1) is 0 Å². The maximum atomic E-state index is 13.7. The number of ether oxygens (including phenoxy) is 1. The van der Waals surface area contributed by atoms with Crippen molar-refractivity contribution in [2.75, 3.05) is 16.4 Å². The molecular formula is C31H35ClN2O4. The van der Waals surface area contributed by atoms with Crippen LogP contribution in [0.15, 0.2) is 72.8 Å². The van der Waals surface area contributed by atoms with Gasteiger partial charge < -0.3 is 19.6 Å². The lowest BCUT2D eigenvalue weighted by Gasteiger charge is -2.43. The van der Waals surface area contributed by atoms with Gasteiger partial charge in [0.2, 0.25) is 5.91 Å². The molecule has 38 heavy (non-hydrogen) atoms. The number of aliphatic hydroxyl groups is 1. The van der Waals surface area contributed by atoms with Crippen LogP contribution in [-0.2, 0) is 4.79 Å². The summed E-state index contributed by atoms with van der Waals surface area (Å²) in [7, 11) is 0. The normalized spacial score (nSPS) is 17.1. The minimum absolute atomic E-state index is 0.0720. The highest BCUT2D eigenvalue weighted by atomic mass is 35.5. The number of fused-ring (bicyclic) bond motifs is 1. The maximum Gasteiger partial charge on any atom is 0.258 e. The molecule has 0 aliphatic carbocycles. The molecule has 6 nitrogen and oxygen atoms in total. The second kappa shape index (κ2) is 11.6. The molecule has 0 saturated carbocycles. The Morgan fingerprint density at radius 1 is 1.05 bits per heavy atom. The highest BCUT2D eigenvalue weighted by Gasteiger charge is 2.38. The van der Waals surface area contributed by atoms with Crippen molar-refractivity contribution in [3.63, 3.8) is 0 Å². The fourth-order valence-corrected chi connectivity index (χ4v) is 5.17. The molecule has 200 valence electrons. The summed E-state index contributed by atoms with van der Waals surface area (Å²) in [5.41, 5.74) is 2.35. The van der Waals surface area contributed by atoms with E-state index in [0.29, 0.717) is 35.8 Å². The molecule has 0 saturated heterocycles. The minimum Gasteiger partial charge on any atom is -0.494 e. The van der Waals surface area contributed by atoms with Gasteiger partial charge in [-0.1, -0.05) is 29.8 Å². The zero-order valence-corrected chi connectivity index (χ0v) is 23.1. The van der Waals surface area contributed by atoms with Gasteiger partial charge in [-0.05, 0) is 100 Å². The van der Waals surface area contributed by atoms with Gasteiger partial charge in [0.1, 0.15) is 5.75 Å². The van der Waals surface area contributed by atoms with Crippen LogP contribution in [0.5, 0.6) is 5.75 Å². The van der Waals surface area contributed by atoms with E-state index in [4.69, 9.17) is 16.3 Å². The molecule has 0 radical (unpaired) electrons. The van der Waals surface area contributed by atoms with E-state index in [1.54, 1.807) is 62.1 Å². The number of para-hydroxylation sites is 1. The summed E-state index contributed by atoms with van der Waals surface area (Å²) >= 11 is 6.09. The molecule has 0 unspecified atom stereocenters. The molecule has 3 aromatic rings. The van der Waals surface area contributed by atoms with Gasteiger partial charge in [-0.2, -0.15) is 0 Å². The largest absolute Gasteiger partial charge is 0.494 e. The second-order valence-corrected chi connectivity index (χ2v) is 10.9. The first kappa shape index (κ1) is 27.7. The Morgan fingerprint density at radius 3 is 2.34 bits per heavy atom. The molecule has 0 fully saturated rings. The molecule has 4 rings (SSSR count). The molecule has 7 heteroatoms. The van der Waals surface area contributed by atoms with E-state index in [0.717, 1.165) is 23.4 Å². The second-order valence-electron chi connectivity index (χ2n) is 10.5. The van der Waals surface area contributed by atoms with Crippen molar-refractivity contribution in [2.24, 2.45) is 0 Å². The summed E-state index contributed by atoms with van der Waals surface area (Å²) in [5.74, 6) is 0.514. The van der Waals surface area contributed by atoms with Gasteiger partial charge in [-0.3, -0.25) is 9.59 Å². The quantitative estimate of drug-likeness (QED) is 0.322. The van der Waals surface area contributed by atoms with Crippen LogP contribution in [0.3, 0.4) is 0 Å². The zero-order chi connectivity index (χ0) is 27.4. The SMILES string of the molecule is CC(=O)N(c1ccc(Cl)cc1)[C@@H]1C[C@H](C)N(C(=O)c2ccc(OCCCC(C)(C)O)cc2)c2ccccc21. The Bertz CT molecular complexity index is 1270. The van der Waals surface area contributed by atoms with Crippen LogP contribution in [0.1, 0.15) is 68.9 Å². The summed E-state index contributed by atoms with van der Waals surface area (Å²) in [6, 6.07) is 21.9. The lowest BCUT2D eigenvalue weighted by atomic mass is 9.89. The van der Waals surface area contributed by atoms with Crippen LogP contribution < -0.4 is 14.5 Å². The molecule has 0 spiro atoms. The fourth-order valence-electron chi connectivity index (χ4n) is 5.05. The number of hydrogen-bond acceptors (Lipinski definition) is 4. The number of anilines is 2. The molecule has 1 heterocycles. The Morgan fingerprint density at radius 2 is 1.71 bits per heavy atom. The van der Waals surface area contributed by atoms with Crippen LogP contribution in [0.4, 0.5) is 11.4 Å². The van der Waals surface area contributed by atoms with Gasteiger partial charge in [0, 0.05) is 34.9 Å². The topological polar surface area (TPSA) is 70.1 Å². The lowest BCUT2D eigenvalue weighted by molar-refractivity contribution is -0.117. The van der Waals surface area contributed by atoms with Crippen LogP contribution >= 0.6 is 11.6 Å². The number of benzene rings is 3. The number of hydrogen-bond donors (Lipinski definition) is 1. The average Bonchev–Trinajstić information content (AvgIpc) is 2.87. The maximum absolute atomic E-state index is 13.7. The van der Waals surface area contributed by atoms with Crippen molar-refractivity contribution in [3.8, 4) is 5.75 Å². The van der Waals surface area contributed by atoms with Crippen molar-refractivity contribution >= 4 is 34.8 Å². The molecular weight excluding hydrogens is 500 g/mol. The molecule has 1 aliphatic heterocycles. The number of halogens is 1. The molecule has 1 aliphatic rings. The summed E-state index contributed by atoms with van der Waals surface area (Å²) in [5, 5.41) is 10.5. The van der Waals surface area contributed by atoms with Gasteiger partial charge in [-0.15, -0.1) is 0 Å².